The first kappa shape index (κ1) is 16.2. The van der Waals surface area contributed by atoms with E-state index < -0.39 is 0 Å². The topological polar surface area (TPSA) is 15.3 Å². The Balaban J connectivity index is 2.12. The summed E-state index contributed by atoms with van der Waals surface area (Å²) < 4.78 is 1.31. The molecule has 2 nitrogen and oxygen atoms in total. The summed E-state index contributed by atoms with van der Waals surface area (Å²) in [5, 5.41) is 3.71. The Labute approximate surface area is 137 Å². The summed E-state index contributed by atoms with van der Waals surface area (Å²) in [6, 6.07) is 10.2. The van der Waals surface area contributed by atoms with E-state index in [4.69, 9.17) is 0 Å². The van der Waals surface area contributed by atoms with Crippen LogP contribution in [0.4, 0.5) is 0 Å². The highest BCUT2D eigenvalue weighted by molar-refractivity contribution is 14.1. The van der Waals surface area contributed by atoms with E-state index in [-0.39, 0.29) is 0 Å². The summed E-state index contributed by atoms with van der Waals surface area (Å²) in [5.74, 6) is 0. The van der Waals surface area contributed by atoms with E-state index in [0.717, 1.165) is 19.6 Å². The number of hydrogen-bond acceptors (Lipinski definition) is 2. The second-order valence-electron chi connectivity index (χ2n) is 6.95. The molecule has 1 aliphatic rings. The Morgan fingerprint density at radius 1 is 1.25 bits per heavy atom. The maximum Gasteiger partial charge on any atom is 0.0273 e. The number of benzene rings is 1. The Morgan fingerprint density at radius 3 is 2.45 bits per heavy atom. The van der Waals surface area contributed by atoms with Gasteiger partial charge < -0.3 is 5.32 Å². The minimum Gasteiger partial charge on any atom is -0.311 e. The Hall–Kier alpha value is -0.130. The van der Waals surface area contributed by atoms with Gasteiger partial charge in [-0.2, -0.15) is 0 Å². The highest BCUT2D eigenvalue weighted by Gasteiger charge is 2.34. The summed E-state index contributed by atoms with van der Waals surface area (Å²) in [7, 11) is 0. The molecular formula is C17H27IN2. The molecule has 1 aromatic carbocycles. The molecule has 0 aromatic heterocycles. The van der Waals surface area contributed by atoms with Crippen molar-refractivity contribution in [3.63, 3.8) is 0 Å². The predicted octanol–water partition coefficient (Wildman–Crippen LogP) is 3.89. The number of halogens is 1. The number of hydrogen-bond donors (Lipinski definition) is 1. The second kappa shape index (κ2) is 6.75. The third-order valence-electron chi connectivity index (χ3n) is 4.29. The number of rotatable bonds is 3. The monoisotopic (exact) mass is 386 g/mol. The molecule has 1 aliphatic heterocycles. The molecule has 0 radical (unpaired) electrons. The number of piperazine rings is 1. The normalized spacial score (nSPS) is 24.9. The van der Waals surface area contributed by atoms with Crippen LogP contribution in [0.25, 0.3) is 0 Å². The van der Waals surface area contributed by atoms with E-state index in [1.807, 2.05) is 0 Å². The molecule has 1 saturated heterocycles. The first-order chi connectivity index (χ1) is 9.40. The predicted molar refractivity (Wildman–Crippen MR) is 94.9 cm³/mol. The third kappa shape index (κ3) is 4.18. The molecule has 2 rings (SSSR count). The minimum atomic E-state index is 0.314. The van der Waals surface area contributed by atoms with Crippen molar-refractivity contribution in [1.82, 2.24) is 10.2 Å². The SMILES string of the molecule is CCC1CN(Cc2ccc(I)cc2)C(C(C)(C)C)CN1. The first-order valence-electron chi connectivity index (χ1n) is 7.62. The zero-order valence-corrected chi connectivity index (χ0v) is 15.3. The first-order valence-corrected chi connectivity index (χ1v) is 8.70. The van der Waals surface area contributed by atoms with Crippen molar-refractivity contribution in [2.24, 2.45) is 5.41 Å². The van der Waals surface area contributed by atoms with Crippen LogP contribution in [0.15, 0.2) is 24.3 Å². The van der Waals surface area contributed by atoms with E-state index in [2.05, 4.69) is 84.8 Å². The molecule has 3 heteroatoms. The molecule has 0 bridgehead atoms. The Kier molecular flexibility index (Phi) is 5.49. The van der Waals surface area contributed by atoms with Crippen LogP contribution in [-0.2, 0) is 6.54 Å². The zero-order valence-electron chi connectivity index (χ0n) is 13.1. The van der Waals surface area contributed by atoms with Gasteiger partial charge in [0.2, 0.25) is 0 Å². The van der Waals surface area contributed by atoms with Gasteiger partial charge in [0.1, 0.15) is 0 Å². The number of nitrogens with zero attached hydrogens (tertiary/aromatic N) is 1. The smallest absolute Gasteiger partial charge is 0.0273 e. The van der Waals surface area contributed by atoms with Crippen LogP contribution in [-0.4, -0.2) is 30.1 Å². The molecule has 1 N–H and O–H groups in total. The molecule has 0 aliphatic carbocycles. The van der Waals surface area contributed by atoms with Crippen molar-refractivity contribution in [2.75, 3.05) is 13.1 Å². The van der Waals surface area contributed by atoms with Gasteiger partial charge in [0.15, 0.2) is 0 Å². The second-order valence-corrected chi connectivity index (χ2v) is 8.20. The van der Waals surface area contributed by atoms with Crippen molar-refractivity contribution in [3.05, 3.63) is 33.4 Å². The van der Waals surface area contributed by atoms with Gasteiger partial charge in [0.25, 0.3) is 0 Å². The minimum absolute atomic E-state index is 0.314. The third-order valence-corrected chi connectivity index (χ3v) is 5.01. The van der Waals surface area contributed by atoms with Crippen molar-refractivity contribution in [2.45, 2.75) is 52.7 Å². The average Bonchev–Trinajstić information content (AvgIpc) is 2.40. The maximum absolute atomic E-state index is 3.71. The van der Waals surface area contributed by atoms with Gasteiger partial charge in [0, 0.05) is 35.3 Å². The lowest BCUT2D eigenvalue weighted by molar-refractivity contribution is 0.0485. The fourth-order valence-corrected chi connectivity index (χ4v) is 3.37. The zero-order chi connectivity index (χ0) is 14.8. The van der Waals surface area contributed by atoms with Gasteiger partial charge in [-0.25, -0.2) is 0 Å². The highest BCUT2D eigenvalue weighted by atomic mass is 127. The van der Waals surface area contributed by atoms with Crippen LogP contribution in [0, 0.1) is 8.99 Å². The van der Waals surface area contributed by atoms with Crippen LogP contribution in [0.1, 0.15) is 39.7 Å². The van der Waals surface area contributed by atoms with E-state index >= 15 is 0 Å². The van der Waals surface area contributed by atoms with E-state index in [9.17, 15) is 0 Å². The molecule has 20 heavy (non-hydrogen) atoms. The fraction of sp³-hybridized carbons (Fsp3) is 0.647. The maximum atomic E-state index is 3.71. The molecule has 1 heterocycles. The van der Waals surface area contributed by atoms with Gasteiger partial charge in [-0.05, 0) is 52.1 Å². The fourth-order valence-electron chi connectivity index (χ4n) is 3.01. The summed E-state index contributed by atoms with van der Waals surface area (Å²) >= 11 is 2.37. The van der Waals surface area contributed by atoms with Crippen molar-refractivity contribution in [3.8, 4) is 0 Å². The molecule has 0 spiro atoms. The van der Waals surface area contributed by atoms with Crippen molar-refractivity contribution >= 4 is 22.6 Å². The summed E-state index contributed by atoms with van der Waals surface area (Å²) in [6.07, 6.45) is 1.21. The molecular weight excluding hydrogens is 359 g/mol. The summed E-state index contributed by atoms with van der Waals surface area (Å²) in [6.45, 7) is 12.7. The van der Waals surface area contributed by atoms with E-state index in [1.54, 1.807) is 0 Å². The Bertz CT molecular complexity index is 422. The van der Waals surface area contributed by atoms with E-state index in [1.165, 1.54) is 15.6 Å². The van der Waals surface area contributed by atoms with Crippen LogP contribution >= 0.6 is 22.6 Å². The Morgan fingerprint density at radius 2 is 1.90 bits per heavy atom. The standard InChI is InChI=1S/C17H27IN2/c1-5-15-12-20(16(10-19-15)17(2,3)4)11-13-6-8-14(18)9-7-13/h6-9,15-16,19H,5,10-12H2,1-4H3. The summed E-state index contributed by atoms with van der Waals surface area (Å²) in [5.41, 5.74) is 1.74. The molecule has 2 atom stereocenters. The quantitative estimate of drug-likeness (QED) is 0.793. The lowest BCUT2D eigenvalue weighted by Gasteiger charge is -2.46. The van der Waals surface area contributed by atoms with Crippen LogP contribution < -0.4 is 5.32 Å². The van der Waals surface area contributed by atoms with Crippen LogP contribution in [0.3, 0.4) is 0 Å². The number of nitrogens with one attached hydrogen (secondary N) is 1. The lowest BCUT2D eigenvalue weighted by Crippen LogP contribution is -2.59. The summed E-state index contributed by atoms with van der Waals surface area (Å²) in [4.78, 5) is 2.67. The molecule has 112 valence electrons. The van der Waals surface area contributed by atoms with Crippen molar-refractivity contribution in [1.29, 1.82) is 0 Å². The highest BCUT2D eigenvalue weighted by Crippen LogP contribution is 2.28. The average molecular weight is 386 g/mol. The molecule has 1 fully saturated rings. The van der Waals surface area contributed by atoms with Gasteiger partial charge in [0.05, 0.1) is 0 Å². The van der Waals surface area contributed by atoms with E-state index in [0.29, 0.717) is 17.5 Å². The van der Waals surface area contributed by atoms with Gasteiger partial charge in [-0.1, -0.05) is 39.8 Å². The van der Waals surface area contributed by atoms with Gasteiger partial charge in [-0.15, -0.1) is 0 Å². The van der Waals surface area contributed by atoms with Crippen LogP contribution in [0.5, 0.6) is 0 Å². The van der Waals surface area contributed by atoms with Crippen LogP contribution in [0.2, 0.25) is 0 Å². The largest absolute Gasteiger partial charge is 0.311 e. The lowest BCUT2D eigenvalue weighted by atomic mass is 9.83. The van der Waals surface area contributed by atoms with Gasteiger partial charge >= 0.3 is 0 Å². The molecule has 0 amide bonds. The molecule has 1 aromatic rings. The van der Waals surface area contributed by atoms with Gasteiger partial charge in [-0.3, -0.25) is 4.90 Å². The van der Waals surface area contributed by atoms with Crippen molar-refractivity contribution < 1.29 is 0 Å². The molecule has 2 unspecified atom stereocenters. The molecule has 0 saturated carbocycles.